The second-order valence-corrected chi connectivity index (χ2v) is 15.5. The van der Waals surface area contributed by atoms with Crippen molar-refractivity contribution in [3.63, 3.8) is 0 Å². The van der Waals surface area contributed by atoms with Gasteiger partial charge in [-0.05, 0) is 98.8 Å². The number of benzene rings is 8. The third-order valence-electron chi connectivity index (χ3n) is 11.2. The molecule has 2 aromatic heterocycles. The van der Waals surface area contributed by atoms with Gasteiger partial charge in [0.15, 0.2) is 0 Å². The van der Waals surface area contributed by atoms with E-state index in [0.29, 0.717) is 0 Å². The van der Waals surface area contributed by atoms with Gasteiger partial charge < -0.3 is 9.32 Å². The minimum Gasteiger partial charge on any atom is -0.455 e. The highest BCUT2D eigenvalue weighted by atomic mass is 32.1. The summed E-state index contributed by atoms with van der Waals surface area (Å²) >= 11 is 1.83. The van der Waals surface area contributed by atoms with Crippen LogP contribution in [0.15, 0.2) is 168 Å². The van der Waals surface area contributed by atoms with E-state index in [1.165, 1.54) is 69.7 Å². The lowest BCUT2D eigenvalue weighted by molar-refractivity contribution is 0.662. The molecular formula is C49H33NOS. The van der Waals surface area contributed by atoms with Crippen LogP contribution in [0.5, 0.6) is 0 Å². The molecule has 0 atom stereocenters. The maximum atomic E-state index is 6.82. The second-order valence-electron chi connectivity index (χ2n) is 14.4. The van der Waals surface area contributed by atoms with Gasteiger partial charge in [-0.25, -0.2) is 0 Å². The van der Waals surface area contributed by atoms with Crippen LogP contribution in [0.3, 0.4) is 0 Å². The van der Waals surface area contributed by atoms with Gasteiger partial charge in [-0.1, -0.05) is 123 Å². The van der Waals surface area contributed by atoms with Gasteiger partial charge in [-0.15, -0.1) is 11.3 Å². The van der Waals surface area contributed by atoms with Crippen LogP contribution in [0.2, 0.25) is 0 Å². The molecule has 0 amide bonds. The van der Waals surface area contributed by atoms with Crippen LogP contribution >= 0.6 is 11.3 Å². The van der Waals surface area contributed by atoms with Crippen LogP contribution < -0.4 is 4.90 Å². The van der Waals surface area contributed by atoms with Gasteiger partial charge in [-0.3, -0.25) is 0 Å². The molecule has 2 nitrogen and oxygen atoms in total. The molecule has 0 saturated carbocycles. The molecule has 246 valence electrons. The average molecular weight is 684 g/mol. The quantitative estimate of drug-likeness (QED) is 0.184. The summed E-state index contributed by atoms with van der Waals surface area (Å²) in [6.45, 7) is 4.72. The topological polar surface area (TPSA) is 16.4 Å². The van der Waals surface area contributed by atoms with E-state index in [0.717, 1.165) is 33.6 Å². The molecule has 0 unspecified atom stereocenters. The van der Waals surface area contributed by atoms with Crippen molar-refractivity contribution in [3.05, 3.63) is 175 Å². The number of hydrogen-bond donors (Lipinski definition) is 0. The maximum Gasteiger partial charge on any atom is 0.144 e. The Morgan fingerprint density at radius 1 is 0.500 bits per heavy atom. The van der Waals surface area contributed by atoms with Crippen LogP contribution in [0.1, 0.15) is 25.0 Å². The van der Waals surface area contributed by atoms with E-state index in [-0.39, 0.29) is 5.41 Å². The third-order valence-corrected chi connectivity index (χ3v) is 12.4. The third kappa shape index (κ3) is 4.11. The molecule has 8 aromatic carbocycles. The highest BCUT2D eigenvalue weighted by molar-refractivity contribution is 7.26. The number of fused-ring (bicyclic) bond motifs is 12. The predicted molar refractivity (Wildman–Crippen MR) is 222 cm³/mol. The highest BCUT2D eigenvalue weighted by Gasteiger charge is 2.37. The maximum absolute atomic E-state index is 6.82. The fourth-order valence-electron chi connectivity index (χ4n) is 8.96. The average Bonchev–Trinajstić information content (AvgIpc) is 3.84. The predicted octanol–water partition coefficient (Wildman–Crippen LogP) is 14.6. The Hall–Kier alpha value is -6.16. The van der Waals surface area contributed by atoms with Crippen LogP contribution in [0.25, 0.3) is 75.1 Å². The number of para-hydroxylation sites is 1. The molecule has 0 N–H and O–H groups in total. The van der Waals surface area contributed by atoms with Gasteiger partial charge in [0.1, 0.15) is 11.2 Å². The van der Waals surface area contributed by atoms with Gasteiger partial charge in [-0.2, -0.15) is 0 Å². The molecule has 1 aliphatic carbocycles. The molecule has 11 rings (SSSR count). The van der Waals surface area contributed by atoms with E-state index in [1.807, 2.05) is 11.3 Å². The molecule has 10 aromatic rings. The molecule has 0 bridgehead atoms. The molecular weight excluding hydrogens is 651 g/mol. The highest BCUT2D eigenvalue weighted by Crippen LogP contribution is 2.53. The molecule has 0 saturated heterocycles. The lowest BCUT2D eigenvalue weighted by Crippen LogP contribution is -2.16. The Morgan fingerprint density at radius 3 is 2.10 bits per heavy atom. The van der Waals surface area contributed by atoms with Crippen molar-refractivity contribution < 1.29 is 4.42 Å². The summed E-state index contributed by atoms with van der Waals surface area (Å²) in [4.78, 5) is 2.41. The standard InChI is InChI=1S/C49H33NOS/c1-49(2)39-19-9-8-16-36(39)37-18-10-17-35(47(37)49)31-22-25-33(26-23-31)50(32-13-4-3-5-14-32)40-20-11-21-42-45(40)46-43(52-42)29-27-38-44-34-15-7-6-12-30(34)24-28-41(44)51-48(38)46/h3-29H,1-2H3. The van der Waals surface area contributed by atoms with Crippen LogP contribution in [0, 0.1) is 0 Å². The fourth-order valence-corrected chi connectivity index (χ4v) is 10.1. The summed E-state index contributed by atoms with van der Waals surface area (Å²) in [5, 5.41) is 7.17. The van der Waals surface area contributed by atoms with Crippen molar-refractivity contribution in [3.8, 4) is 22.3 Å². The smallest absolute Gasteiger partial charge is 0.144 e. The van der Waals surface area contributed by atoms with Crippen LogP contribution in [-0.2, 0) is 5.41 Å². The molecule has 52 heavy (non-hydrogen) atoms. The Balaban J connectivity index is 1.12. The van der Waals surface area contributed by atoms with Crippen molar-refractivity contribution in [2.45, 2.75) is 19.3 Å². The first-order valence-electron chi connectivity index (χ1n) is 17.9. The zero-order chi connectivity index (χ0) is 34.6. The number of nitrogens with zero attached hydrogens (tertiary/aromatic N) is 1. The largest absolute Gasteiger partial charge is 0.455 e. The zero-order valence-corrected chi connectivity index (χ0v) is 29.7. The van der Waals surface area contributed by atoms with Gasteiger partial charge >= 0.3 is 0 Å². The van der Waals surface area contributed by atoms with Crippen molar-refractivity contribution in [2.24, 2.45) is 0 Å². The first-order chi connectivity index (χ1) is 25.6. The Kier molecular flexibility index (Phi) is 6.21. The minimum atomic E-state index is -0.0821. The van der Waals surface area contributed by atoms with E-state index >= 15 is 0 Å². The molecule has 0 fully saturated rings. The van der Waals surface area contributed by atoms with E-state index in [1.54, 1.807) is 0 Å². The van der Waals surface area contributed by atoms with E-state index < -0.39 is 0 Å². The van der Waals surface area contributed by atoms with E-state index in [4.69, 9.17) is 4.42 Å². The van der Waals surface area contributed by atoms with E-state index in [9.17, 15) is 0 Å². The number of anilines is 3. The Morgan fingerprint density at radius 2 is 1.21 bits per heavy atom. The number of furan rings is 1. The van der Waals surface area contributed by atoms with Crippen molar-refractivity contribution in [1.82, 2.24) is 0 Å². The summed E-state index contributed by atoms with van der Waals surface area (Å²) in [5.41, 5.74) is 13.2. The van der Waals surface area contributed by atoms with Gasteiger partial charge in [0, 0.05) is 47.7 Å². The summed E-state index contributed by atoms with van der Waals surface area (Å²) in [6.07, 6.45) is 0. The second kappa shape index (κ2) is 10.9. The van der Waals surface area contributed by atoms with Crippen LogP contribution in [-0.4, -0.2) is 0 Å². The summed E-state index contributed by atoms with van der Waals surface area (Å²) < 4.78 is 9.28. The van der Waals surface area contributed by atoms with Crippen molar-refractivity contribution >= 4 is 81.3 Å². The first-order valence-corrected chi connectivity index (χ1v) is 18.7. The monoisotopic (exact) mass is 683 g/mol. The number of thiophene rings is 1. The molecule has 0 aliphatic heterocycles. The Labute approximate surface area is 305 Å². The summed E-state index contributed by atoms with van der Waals surface area (Å²) in [5.74, 6) is 0. The molecule has 0 spiro atoms. The van der Waals surface area contributed by atoms with Gasteiger partial charge in [0.05, 0.1) is 5.69 Å². The summed E-state index contributed by atoms with van der Waals surface area (Å²) in [6, 6.07) is 59.7. The first kappa shape index (κ1) is 29.6. The minimum absolute atomic E-state index is 0.0821. The molecule has 0 radical (unpaired) electrons. The normalized spacial score (nSPS) is 13.3. The van der Waals surface area contributed by atoms with Crippen molar-refractivity contribution in [2.75, 3.05) is 4.90 Å². The van der Waals surface area contributed by atoms with Crippen molar-refractivity contribution in [1.29, 1.82) is 0 Å². The summed E-state index contributed by atoms with van der Waals surface area (Å²) in [7, 11) is 0. The van der Waals surface area contributed by atoms with Gasteiger partial charge in [0.25, 0.3) is 0 Å². The zero-order valence-electron chi connectivity index (χ0n) is 28.9. The fraction of sp³-hybridized carbons (Fsp3) is 0.0612. The molecule has 3 heteroatoms. The molecule has 2 heterocycles. The number of hydrogen-bond acceptors (Lipinski definition) is 3. The SMILES string of the molecule is CC1(C)c2ccccc2-c2cccc(-c3ccc(N(c4ccccc4)c4cccc5sc6ccc7c(oc8ccc9ccccc9c87)c6c45)cc3)c21. The molecule has 1 aliphatic rings. The number of rotatable bonds is 4. The lowest BCUT2D eigenvalue weighted by atomic mass is 9.79. The lowest BCUT2D eigenvalue weighted by Gasteiger charge is -2.27. The Bertz CT molecular complexity index is 3040. The van der Waals surface area contributed by atoms with Gasteiger partial charge in [0.2, 0.25) is 0 Å². The van der Waals surface area contributed by atoms with E-state index in [2.05, 4.69) is 183 Å². The van der Waals surface area contributed by atoms with Crippen LogP contribution in [0.4, 0.5) is 17.1 Å².